The molecular weight excluding hydrogens is 376 g/mol. The third-order valence-corrected chi connectivity index (χ3v) is 5.51. The van der Waals surface area contributed by atoms with Crippen molar-refractivity contribution in [3.63, 3.8) is 0 Å². The SMILES string of the molecule is CCc1cc(-c2ccc(-c3ccc(OCC4CO4)cc3)cc2)ccc1OCC1CO1. The van der Waals surface area contributed by atoms with E-state index >= 15 is 0 Å². The number of rotatable bonds is 9. The molecule has 2 aliphatic heterocycles. The number of hydrogen-bond acceptors (Lipinski definition) is 4. The number of epoxide rings is 2. The van der Waals surface area contributed by atoms with Crippen molar-refractivity contribution < 1.29 is 18.9 Å². The average Bonchev–Trinajstić information content (AvgIpc) is 3.72. The minimum absolute atomic E-state index is 0.273. The predicted molar refractivity (Wildman–Crippen MR) is 117 cm³/mol. The molecule has 0 radical (unpaired) electrons. The van der Waals surface area contributed by atoms with Crippen molar-refractivity contribution in [3.8, 4) is 33.8 Å². The lowest BCUT2D eigenvalue weighted by molar-refractivity contribution is 0.261. The van der Waals surface area contributed by atoms with E-state index in [-0.39, 0.29) is 12.2 Å². The Morgan fingerprint density at radius 2 is 1.20 bits per heavy atom. The molecule has 0 spiro atoms. The van der Waals surface area contributed by atoms with Gasteiger partial charge in [-0.15, -0.1) is 0 Å². The second-order valence-corrected chi connectivity index (χ2v) is 7.81. The molecule has 2 aliphatic rings. The highest BCUT2D eigenvalue weighted by Crippen LogP contribution is 2.30. The van der Waals surface area contributed by atoms with E-state index in [0.29, 0.717) is 13.2 Å². The second-order valence-electron chi connectivity index (χ2n) is 7.81. The molecular formula is C26H26O4. The van der Waals surface area contributed by atoms with Gasteiger partial charge in [0.15, 0.2) is 0 Å². The van der Waals surface area contributed by atoms with Gasteiger partial charge >= 0.3 is 0 Å². The molecule has 3 aromatic carbocycles. The van der Waals surface area contributed by atoms with Gasteiger partial charge in [-0.3, -0.25) is 0 Å². The number of ether oxygens (including phenoxy) is 4. The first kappa shape index (κ1) is 19.2. The molecule has 2 saturated heterocycles. The lowest BCUT2D eigenvalue weighted by Gasteiger charge is -2.12. The summed E-state index contributed by atoms with van der Waals surface area (Å²) in [6, 6.07) is 23.4. The maximum Gasteiger partial charge on any atom is 0.122 e. The summed E-state index contributed by atoms with van der Waals surface area (Å²) in [6.45, 7) is 5.06. The van der Waals surface area contributed by atoms with Crippen molar-refractivity contribution in [1.29, 1.82) is 0 Å². The summed E-state index contributed by atoms with van der Waals surface area (Å²) in [4.78, 5) is 0. The van der Waals surface area contributed by atoms with Gasteiger partial charge < -0.3 is 18.9 Å². The summed E-state index contributed by atoms with van der Waals surface area (Å²) >= 11 is 0. The molecule has 0 aliphatic carbocycles. The molecule has 0 amide bonds. The first-order chi connectivity index (χ1) is 14.8. The van der Waals surface area contributed by atoms with Crippen LogP contribution in [0.15, 0.2) is 66.7 Å². The Balaban J connectivity index is 1.27. The number of benzene rings is 3. The summed E-state index contributed by atoms with van der Waals surface area (Å²) in [5.74, 6) is 1.84. The zero-order valence-corrected chi connectivity index (χ0v) is 17.2. The van der Waals surface area contributed by atoms with Gasteiger partial charge in [0, 0.05) is 0 Å². The van der Waals surface area contributed by atoms with Crippen molar-refractivity contribution in [2.45, 2.75) is 25.6 Å². The van der Waals surface area contributed by atoms with Crippen molar-refractivity contribution in [2.24, 2.45) is 0 Å². The summed E-state index contributed by atoms with van der Waals surface area (Å²) in [7, 11) is 0. The number of aryl methyl sites for hydroxylation is 1. The van der Waals surface area contributed by atoms with E-state index in [4.69, 9.17) is 18.9 Å². The molecule has 30 heavy (non-hydrogen) atoms. The van der Waals surface area contributed by atoms with Gasteiger partial charge in [0.2, 0.25) is 0 Å². The Bertz CT molecular complexity index is 987. The Morgan fingerprint density at radius 1 is 0.700 bits per heavy atom. The zero-order chi connectivity index (χ0) is 20.3. The smallest absolute Gasteiger partial charge is 0.122 e. The molecule has 2 fully saturated rings. The van der Waals surface area contributed by atoms with Crippen LogP contribution in [0, 0.1) is 0 Å². The zero-order valence-electron chi connectivity index (χ0n) is 17.2. The Labute approximate surface area is 177 Å². The van der Waals surface area contributed by atoms with E-state index in [1.165, 1.54) is 27.8 Å². The van der Waals surface area contributed by atoms with E-state index < -0.39 is 0 Å². The highest BCUT2D eigenvalue weighted by atomic mass is 16.6. The van der Waals surface area contributed by atoms with Crippen LogP contribution < -0.4 is 9.47 Å². The van der Waals surface area contributed by atoms with Gasteiger partial charge in [-0.05, 0) is 58.5 Å². The van der Waals surface area contributed by atoms with Crippen LogP contribution >= 0.6 is 0 Å². The van der Waals surface area contributed by atoms with Gasteiger partial charge in [0.05, 0.1) is 13.2 Å². The van der Waals surface area contributed by atoms with Crippen molar-refractivity contribution in [1.82, 2.24) is 0 Å². The summed E-state index contributed by atoms with van der Waals surface area (Å²) in [5, 5.41) is 0. The first-order valence-electron chi connectivity index (χ1n) is 10.6. The molecule has 5 rings (SSSR count). The van der Waals surface area contributed by atoms with Crippen LogP contribution in [0.2, 0.25) is 0 Å². The second kappa shape index (κ2) is 8.50. The van der Waals surface area contributed by atoms with E-state index in [1.54, 1.807) is 0 Å². The molecule has 0 N–H and O–H groups in total. The summed E-state index contributed by atoms with van der Waals surface area (Å²) in [5.41, 5.74) is 6.01. The van der Waals surface area contributed by atoms with E-state index in [1.807, 2.05) is 12.1 Å². The minimum atomic E-state index is 0.273. The monoisotopic (exact) mass is 402 g/mol. The predicted octanol–water partition coefficient (Wildman–Crippen LogP) is 5.14. The van der Waals surface area contributed by atoms with E-state index in [2.05, 4.69) is 61.5 Å². The normalized spacial score (nSPS) is 19.4. The van der Waals surface area contributed by atoms with Crippen LogP contribution in [0.25, 0.3) is 22.3 Å². The van der Waals surface area contributed by atoms with Crippen LogP contribution in [0.4, 0.5) is 0 Å². The van der Waals surface area contributed by atoms with E-state index in [9.17, 15) is 0 Å². The molecule has 0 bridgehead atoms. The maximum atomic E-state index is 5.92. The molecule has 2 atom stereocenters. The molecule has 3 aromatic rings. The van der Waals surface area contributed by atoms with Gasteiger partial charge in [-0.1, -0.05) is 49.4 Å². The third kappa shape index (κ3) is 4.66. The molecule has 4 heteroatoms. The van der Waals surface area contributed by atoms with Crippen molar-refractivity contribution in [2.75, 3.05) is 26.4 Å². The summed E-state index contributed by atoms with van der Waals surface area (Å²) < 4.78 is 22.1. The van der Waals surface area contributed by atoms with Crippen molar-refractivity contribution in [3.05, 3.63) is 72.3 Å². The van der Waals surface area contributed by atoms with Crippen LogP contribution in [-0.2, 0) is 15.9 Å². The topological polar surface area (TPSA) is 43.5 Å². The first-order valence-corrected chi connectivity index (χ1v) is 10.6. The molecule has 4 nitrogen and oxygen atoms in total. The van der Waals surface area contributed by atoms with Crippen LogP contribution in [0.1, 0.15) is 12.5 Å². The third-order valence-electron chi connectivity index (χ3n) is 5.51. The quantitative estimate of drug-likeness (QED) is 0.465. The molecule has 0 aromatic heterocycles. The van der Waals surface area contributed by atoms with Crippen LogP contribution in [0.5, 0.6) is 11.5 Å². The lowest BCUT2D eigenvalue weighted by Crippen LogP contribution is -2.05. The Hall–Kier alpha value is -2.82. The molecule has 0 saturated carbocycles. The Kier molecular flexibility index (Phi) is 5.43. The van der Waals surface area contributed by atoms with Gasteiger partial charge in [0.1, 0.15) is 36.9 Å². The largest absolute Gasteiger partial charge is 0.491 e. The fourth-order valence-electron chi connectivity index (χ4n) is 3.48. The molecule has 154 valence electrons. The van der Waals surface area contributed by atoms with Gasteiger partial charge in [-0.25, -0.2) is 0 Å². The fraction of sp³-hybridized carbons (Fsp3) is 0.308. The number of hydrogen-bond donors (Lipinski definition) is 0. The standard InChI is InChI=1S/C26H26O4/c1-2-18-13-22(9-12-26(18)30-17-25-16-29-25)21-5-3-19(4-6-21)20-7-10-23(11-8-20)27-14-24-15-28-24/h3-13,24-25H,2,14-17H2,1H3. The highest BCUT2D eigenvalue weighted by Gasteiger charge is 2.24. The van der Waals surface area contributed by atoms with Gasteiger partial charge in [-0.2, -0.15) is 0 Å². The highest BCUT2D eigenvalue weighted by molar-refractivity contribution is 5.71. The minimum Gasteiger partial charge on any atom is -0.491 e. The fourth-order valence-corrected chi connectivity index (χ4v) is 3.48. The van der Waals surface area contributed by atoms with Crippen LogP contribution in [-0.4, -0.2) is 38.6 Å². The van der Waals surface area contributed by atoms with E-state index in [0.717, 1.165) is 31.1 Å². The Morgan fingerprint density at radius 3 is 1.77 bits per heavy atom. The maximum absolute atomic E-state index is 5.92. The van der Waals surface area contributed by atoms with Crippen LogP contribution in [0.3, 0.4) is 0 Å². The van der Waals surface area contributed by atoms with Gasteiger partial charge in [0.25, 0.3) is 0 Å². The average molecular weight is 402 g/mol. The molecule has 2 heterocycles. The lowest BCUT2D eigenvalue weighted by atomic mass is 9.98. The summed E-state index contributed by atoms with van der Waals surface area (Å²) in [6.07, 6.45) is 1.49. The molecule has 2 unspecified atom stereocenters. The van der Waals surface area contributed by atoms with Crippen molar-refractivity contribution >= 4 is 0 Å².